The van der Waals surface area contributed by atoms with Crippen molar-refractivity contribution in [2.24, 2.45) is 0 Å². The van der Waals surface area contributed by atoms with Crippen molar-refractivity contribution in [3.05, 3.63) is 47.8 Å². The minimum atomic E-state index is -3.85. The molecule has 1 aromatic heterocycles. The number of hydrogen-bond donors (Lipinski definition) is 1. The first-order chi connectivity index (χ1) is 11.9. The highest BCUT2D eigenvalue weighted by Crippen LogP contribution is 2.38. The summed E-state index contributed by atoms with van der Waals surface area (Å²) in [4.78, 5) is 11.5. The van der Waals surface area contributed by atoms with Crippen molar-refractivity contribution >= 4 is 5.97 Å². The highest BCUT2D eigenvalue weighted by Gasteiger charge is 2.47. The zero-order valence-electron chi connectivity index (χ0n) is 14.0. The number of carbonyl (C=O) groups is 1. The molecule has 0 amide bonds. The number of aryl methyl sites for hydroxylation is 1. The van der Waals surface area contributed by atoms with E-state index in [2.05, 4.69) is 9.84 Å². The largest absolute Gasteiger partial charge is 0.487 e. The normalized spacial score (nSPS) is 12.7. The van der Waals surface area contributed by atoms with E-state index < -0.39 is 23.6 Å². The highest BCUT2D eigenvalue weighted by molar-refractivity contribution is 5.76. The van der Waals surface area contributed by atoms with E-state index in [4.69, 9.17) is 4.74 Å². The molecule has 0 fully saturated rings. The number of aliphatic hydroxyl groups excluding tert-OH is 1. The second-order valence-corrected chi connectivity index (χ2v) is 5.20. The number of aliphatic hydroxyl groups is 1. The van der Waals surface area contributed by atoms with E-state index in [-0.39, 0.29) is 19.0 Å². The zero-order chi connectivity index (χ0) is 18.4. The summed E-state index contributed by atoms with van der Waals surface area (Å²) >= 11 is 0. The number of nitrogens with zero attached hydrogens (tertiary/aromatic N) is 2. The number of alkyl halides is 2. The molecule has 2 rings (SSSR count). The quantitative estimate of drug-likeness (QED) is 0.738. The van der Waals surface area contributed by atoms with Crippen molar-refractivity contribution in [1.82, 2.24) is 9.78 Å². The Balaban J connectivity index is 2.23. The summed E-state index contributed by atoms with van der Waals surface area (Å²) in [7, 11) is 0. The minimum Gasteiger partial charge on any atom is -0.487 e. The molecule has 1 aromatic carbocycles. The fraction of sp³-hybridized carbons (Fsp3) is 0.412. The fourth-order valence-corrected chi connectivity index (χ4v) is 2.30. The Kier molecular flexibility index (Phi) is 6.08. The summed E-state index contributed by atoms with van der Waals surface area (Å²) in [6, 6.07) is 7.09. The van der Waals surface area contributed by atoms with Gasteiger partial charge in [-0.1, -0.05) is 12.1 Å². The lowest BCUT2D eigenvalue weighted by molar-refractivity contribution is -0.179. The average Bonchev–Trinajstić information content (AvgIpc) is 3.07. The van der Waals surface area contributed by atoms with Gasteiger partial charge in [0.25, 0.3) is 0 Å². The van der Waals surface area contributed by atoms with E-state index in [1.807, 2.05) is 6.92 Å². The van der Waals surface area contributed by atoms with Crippen LogP contribution in [-0.4, -0.2) is 33.6 Å². The summed E-state index contributed by atoms with van der Waals surface area (Å²) in [6.45, 7) is 3.90. The Morgan fingerprint density at radius 2 is 2.04 bits per heavy atom. The number of para-hydroxylation sites is 1. The molecule has 25 heavy (non-hydrogen) atoms. The number of aromatic nitrogens is 2. The smallest absolute Gasteiger partial charge is 0.341 e. The van der Waals surface area contributed by atoms with Crippen molar-refractivity contribution in [3.8, 4) is 5.75 Å². The van der Waals surface area contributed by atoms with Crippen molar-refractivity contribution in [1.29, 1.82) is 0 Å². The molecule has 0 radical (unpaired) electrons. The SMILES string of the molecule is CCOC(=O)C(O)C(F)(F)c1ccccc1OCc1ccnn1CC. The lowest BCUT2D eigenvalue weighted by Gasteiger charge is -2.23. The van der Waals surface area contributed by atoms with Gasteiger partial charge >= 0.3 is 11.9 Å². The van der Waals surface area contributed by atoms with Gasteiger partial charge in [-0.25, -0.2) is 4.79 Å². The van der Waals surface area contributed by atoms with Gasteiger partial charge in [-0.2, -0.15) is 13.9 Å². The fourth-order valence-electron chi connectivity index (χ4n) is 2.30. The Hall–Kier alpha value is -2.48. The summed E-state index contributed by atoms with van der Waals surface area (Å²) in [5.74, 6) is -5.36. The molecule has 0 saturated carbocycles. The van der Waals surface area contributed by atoms with Gasteiger partial charge in [0, 0.05) is 12.7 Å². The molecular formula is C17H20F2N2O4. The van der Waals surface area contributed by atoms with Crippen LogP contribution in [0, 0.1) is 0 Å². The molecule has 1 atom stereocenters. The van der Waals surface area contributed by atoms with Crippen LogP contribution in [0.5, 0.6) is 5.75 Å². The first kappa shape index (κ1) is 18.9. The van der Waals surface area contributed by atoms with E-state index in [0.717, 1.165) is 6.07 Å². The van der Waals surface area contributed by atoms with Crippen LogP contribution in [0.25, 0.3) is 0 Å². The van der Waals surface area contributed by atoms with Gasteiger partial charge < -0.3 is 14.6 Å². The first-order valence-corrected chi connectivity index (χ1v) is 7.87. The molecule has 0 aliphatic rings. The van der Waals surface area contributed by atoms with Gasteiger partial charge in [-0.05, 0) is 32.0 Å². The Labute approximate surface area is 144 Å². The van der Waals surface area contributed by atoms with E-state index in [9.17, 15) is 18.7 Å². The van der Waals surface area contributed by atoms with Crippen LogP contribution in [-0.2, 0) is 28.6 Å². The number of halogens is 2. The predicted octanol–water partition coefficient (Wildman–Crippen LogP) is 2.50. The number of hydrogen-bond acceptors (Lipinski definition) is 5. The molecule has 1 heterocycles. The van der Waals surface area contributed by atoms with Gasteiger partial charge in [0.05, 0.1) is 17.9 Å². The molecule has 0 aliphatic carbocycles. The number of benzene rings is 1. The lowest BCUT2D eigenvalue weighted by atomic mass is 10.0. The van der Waals surface area contributed by atoms with Gasteiger partial charge in [0.1, 0.15) is 12.4 Å². The molecule has 8 heteroatoms. The van der Waals surface area contributed by atoms with Crippen LogP contribution >= 0.6 is 0 Å². The first-order valence-electron chi connectivity index (χ1n) is 7.87. The molecule has 0 spiro atoms. The van der Waals surface area contributed by atoms with Crippen molar-refractivity contribution in [2.45, 2.75) is 39.0 Å². The topological polar surface area (TPSA) is 73.6 Å². The van der Waals surface area contributed by atoms with Crippen LogP contribution in [0.1, 0.15) is 25.1 Å². The molecule has 136 valence electrons. The van der Waals surface area contributed by atoms with E-state index in [0.29, 0.717) is 12.2 Å². The molecule has 0 bridgehead atoms. The Bertz CT molecular complexity index is 718. The maximum atomic E-state index is 14.5. The third kappa shape index (κ3) is 4.14. The van der Waals surface area contributed by atoms with Gasteiger partial charge in [-0.15, -0.1) is 0 Å². The standard InChI is InChI=1S/C17H20F2N2O4/c1-3-21-12(9-10-20-21)11-25-14-8-6-5-7-13(14)17(18,19)15(22)16(23)24-4-2/h5-10,15,22H,3-4,11H2,1-2H3. The van der Waals surface area contributed by atoms with Crippen LogP contribution in [0.2, 0.25) is 0 Å². The van der Waals surface area contributed by atoms with Crippen LogP contribution in [0.15, 0.2) is 36.5 Å². The second-order valence-electron chi connectivity index (χ2n) is 5.20. The van der Waals surface area contributed by atoms with E-state index in [1.54, 1.807) is 16.9 Å². The number of rotatable bonds is 8. The minimum absolute atomic E-state index is 0.0242. The third-order valence-electron chi connectivity index (χ3n) is 3.58. The van der Waals surface area contributed by atoms with Crippen LogP contribution in [0.4, 0.5) is 8.78 Å². The molecular weight excluding hydrogens is 334 g/mol. The lowest BCUT2D eigenvalue weighted by Crippen LogP contribution is -2.39. The molecule has 0 aliphatic heterocycles. The molecule has 2 aromatic rings. The predicted molar refractivity (Wildman–Crippen MR) is 85.2 cm³/mol. The molecule has 1 unspecified atom stereocenters. The highest BCUT2D eigenvalue weighted by atomic mass is 19.3. The van der Waals surface area contributed by atoms with Gasteiger partial charge in [0.2, 0.25) is 6.10 Å². The van der Waals surface area contributed by atoms with E-state index in [1.165, 1.54) is 25.1 Å². The molecule has 1 N–H and O–H groups in total. The van der Waals surface area contributed by atoms with E-state index >= 15 is 0 Å². The summed E-state index contributed by atoms with van der Waals surface area (Å²) in [5.41, 5.74) is 0.129. The average molecular weight is 354 g/mol. The third-order valence-corrected chi connectivity index (χ3v) is 3.58. The summed E-state index contributed by atoms with van der Waals surface area (Å²) < 4.78 is 40.7. The second kappa shape index (κ2) is 8.06. The van der Waals surface area contributed by atoms with Gasteiger partial charge in [-0.3, -0.25) is 4.68 Å². The zero-order valence-corrected chi connectivity index (χ0v) is 14.0. The van der Waals surface area contributed by atoms with Crippen molar-refractivity contribution in [3.63, 3.8) is 0 Å². The number of esters is 1. The molecule has 6 nitrogen and oxygen atoms in total. The maximum absolute atomic E-state index is 14.5. The summed E-state index contributed by atoms with van der Waals surface area (Å²) in [6.07, 6.45) is -1.02. The number of carbonyl (C=O) groups excluding carboxylic acids is 1. The van der Waals surface area contributed by atoms with Crippen LogP contribution in [0.3, 0.4) is 0 Å². The monoisotopic (exact) mass is 354 g/mol. The number of ether oxygens (including phenoxy) is 2. The van der Waals surface area contributed by atoms with Crippen molar-refractivity contribution in [2.75, 3.05) is 6.61 Å². The molecule has 0 saturated heterocycles. The Morgan fingerprint density at radius 1 is 1.32 bits per heavy atom. The van der Waals surface area contributed by atoms with Crippen molar-refractivity contribution < 1.29 is 28.2 Å². The summed E-state index contributed by atoms with van der Waals surface area (Å²) in [5, 5.41) is 13.8. The Morgan fingerprint density at radius 3 is 2.72 bits per heavy atom. The van der Waals surface area contributed by atoms with Crippen LogP contribution < -0.4 is 4.74 Å². The maximum Gasteiger partial charge on any atom is 0.341 e. The van der Waals surface area contributed by atoms with Gasteiger partial charge in [0.15, 0.2) is 0 Å².